The van der Waals surface area contributed by atoms with Crippen LogP contribution in [-0.2, 0) is 0 Å². The molecule has 4 fully saturated rings. The molecule has 0 aliphatic heterocycles. The second-order valence-electron chi connectivity index (χ2n) is 4.31. The topological polar surface area (TPSA) is 0 Å². The van der Waals surface area contributed by atoms with Crippen molar-refractivity contribution in [3.05, 3.63) is 3.74 Å². The maximum Gasteiger partial charge on any atom is 1.00 e. The molecule has 0 amide bonds. The zero-order valence-corrected chi connectivity index (χ0v) is 10.5. The minimum atomic E-state index is 0. The Morgan fingerprint density at radius 1 is 1.17 bits per heavy atom. The molecule has 0 spiro atoms. The Labute approximate surface area is 103 Å². The molecule has 4 rings (SSSR count). The first kappa shape index (κ1) is 10.1. The van der Waals surface area contributed by atoms with Gasteiger partial charge in [-0.2, -0.15) is 3.74 Å². The minimum Gasteiger partial charge on any atom is -0.304 e. The molecule has 0 aromatic heterocycles. The molecule has 0 aromatic carbocycles. The summed E-state index contributed by atoms with van der Waals surface area (Å²) in [4.78, 5) is 0. The van der Waals surface area contributed by atoms with Crippen molar-refractivity contribution in [1.82, 2.24) is 0 Å². The molecule has 4 saturated carbocycles. The smallest absolute Gasteiger partial charge is 0.304 e. The molecule has 0 saturated heterocycles. The molecule has 12 heavy (non-hydrogen) atoms. The summed E-state index contributed by atoms with van der Waals surface area (Å²) in [7, 11) is 0. The SMILES string of the molecule is Br[C-](Br)C12CC3C1CCCC32.[Li+]. The van der Waals surface area contributed by atoms with E-state index in [0.717, 1.165) is 17.8 Å². The molecular formula is C9H11Br2Li. The van der Waals surface area contributed by atoms with Crippen molar-refractivity contribution >= 4 is 31.9 Å². The van der Waals surface area contributed by atoms with E-state index in [1.807, 2.05) is 0 Å². The largest absolute Gasteiger partial charge is 1.00 e. The van der Waals surface area contributed by atoms with Gasteiger partial charge >= 0.3 is 18.9 Å². The molecule has 4 bridgehead atoms. The van der Waals surface area contributed by atoms with Crippen LogP contribution in [0.4, 0.5) is 0 Å². The van der Waals surface area contributed by atoms with Crippen LogP contribution in [0.25, 0.3) is 0 Å². The Hall–Kier alpha value is 1.56. The van der Waals surface area contributed by atoms with Crippen molar-refractivity contribution in [2.75, 3.05) is 0 Å². The van der Waals surface area contributed by atoms with Crippen LogP contribution >= 0.6 is 31.9 Å². The molecule has 0 heterocycles. The van der Waals surface area contributed by atoms with E-state index in [2.05, 4.69) is 31.9 Å². The van der Waals surface area contributed by atoms with E-state index in [1.165, 1.54) is 29.4 Å². The Balaban J connectivity index is 0.000000563. The summed E-state index contributed by atoms with van der Waals surface area (Å²) in [6, 6.07) is 0. The average molecular weight is 286 g/mol. The van der Waals surface area contributed by atoms with E-state index < -0.39 is 0 Å². The van der Waals surface area contributed by atoms with Crippen LogP contribution in [-0.4, -0.2) is 0 Å². The number of hydrogen-bond acceptors (Lipinski definition) is 0. The summed E-state index contributed by atoms with van der Waals surface area (Å²) in [5.41, 5.74) is 0.628. The van der Waals surface area contributed by atoms with Crippen molar-refractivity contribution in [1.29, 1.82) is 0 Å². The zero-order chi connectivity index (χ0) is 7.64. The van der Waals surface area contributed by atoms with Gasteiger partial charge in [-0.25, -0.2) is 0 Å². The summed E-state index contributed by atoms with van der Waals surface area (Å²) >= 11 is 7.27. The van der Waals surface area contributed by atoms with E-state index in [1.54, 1.807) is 0 Å². The Morgan fingerprint density at radius 2 is 1.75 bits per heavy atom. The fraction of sp³-hybridized carbons (Fsp3) is 0.889. The maximum absolute atomic E-state index is 3.63. The normalized spacial score (nSPS) is 53.8. The van der Waals surface area contributed by atoms with Gasteiger partial charge < -0.3 is 31.9 Å². The van der Waals surface area contributed by atoms with Gasteiger partial charge in [0, 0.05) is 0 Å². The third-order valence-electron chi connectivity index (χ3n) is 4.31. The van der Waals surface area contributed by atoms with Gasteiger partial charge in [0.25, 0.3) is 0 Å². The van der Waals surface area contributed by atoms with Gasteiger partial charge in [0.15, 0.2) is 0 Å². The summed E-state index contributed by atoms with van der Waals surface area (Å²) in [6.07, 6.45) is 5.93. The van der Waals surface area contributed by atoms with E-state index >= 15 is 0 Å². The summed E-state index contributed by atoms with van der Waals surface area (Å²) in [6.45, 7) is 0. The number of hydrogen-bond donors (Lipinski definition) is 0. The van der Waals surface area contributed by atoms with Gasteiger partial charge in [0.1, 0.15) is 0 Å². The van der Waals surface area contributed by atoms with Crippen LogP contribution in [0, 0.1) is 26.9 Å². The Kier molecular flexibility index (Phi) is 2.54. The first-order valence-electron chi connectivity index (χ1n) is 4.45. The van der Waals surface area contributed by atoms with E-state index in [-0.39, 0.29) is 18.9 Å². The van der Waals surface area contributed by atoms with Crippen molar-refractivity contribution in [3.63, 3.8) is 0 Å². The third kappa shape index (κ3) is 0.866. The number of halogens is 2. The van der Waals surface area contributed by atoms with Gasteiger partial charge in [-0.15, -0.1) is 5.41 Å². The first-order chi connectivity index (χ1) is 5.27. The van der Waals surface area contributed by atoms with Crippen LogP contribution in [0.2, 0.25) is 0 Å². The quantitative estimate of drug-likeness (QED) is 0.492. The van der Waals surface area contributed by atoms with Crippen molar-refractivity contribution in [2.24, 2.45) is 23.2 Å². The first-order valence-corrected chi connectivity index (χ1v) is 6.04. The van der Waals surface area contributed by atoms with Gasteiger partial charge in [0.2, 0.25) is 0 Å². The fourth-order valence-corrected chi connectivity index (χ4v) is 5.22. The van der Waals surface area contributed by atoms with Gasteiger partial charge in [-0.05, 0) is 5.92 Å². The van der Waals surface area contributed by atoms with Crippen LogP contribution in [0.15, 0.2) is 0 Å². The second kappa shape index (κ2) is 3.02. The molecule has 3 heteroatoms. The predicted octanol–water partition coefficient (Wildman–Crippen LogP) is 0.706. The second-order valence-corrected chi connectivity index (χ2v) is 6.96. The van der Waals surface area contributed by atoms with Crippen LogP contribution < -0.4 is 18.9 Å². The van der Waals surface area contributed by atoms with Crippen LogP contribution in [0.5, 0.6) is 0 Å². The van der Waals surface area contributed by atoms with Crippen LogP contribution in [0.1, 0.15) is 25.7 Å². The molecule has 4 aliphatic carbocycles. The molecule has 4 aliphatic rings. The zero-order valence-electron chi connectivity index (χ0n) is 7.32. The molecular weight excluding hydrogens is 275 g/mol. The Morgan fingerprint density at radius 3 is 2.00 bits per heavy atom. The van der Waals surface area contributed by atoms with Gasteiger partial charge in [0.05, 0.1) is 0 Å². The third-order valence-corrected chi connectivity index (χ3v) is 5.79. The number of rotatable bonds is 1. The molecule has 0 nitrogen and oxygen atoms in total. The van der Waals surface area contributed by atoms with Crippen molar-refractivity contribution in [2.45, 2.75) is 25.7 Å². The summed E-state index contributed by atoms with van der Waals surface area (Å²) < 4.78 is 1.37. The van der Waals surface area contributed by atoms with Crippen LogP contribution in [0.3, 0.4) is 0 Å². The Bertz CT molecular complexity index is 193. The molecule has 2 atom stereocenters. The van der Waals surface area contributed by atoms with Gasteiger partial charge in [-0.3, -0.25) is 0 Å². The van der Waals surface area contributed by atoms with Crippen molar-refractivity contribution < 1.29 is 18.9 Å². The van der Waals surface area contributed by atoms with Gasteiger partial charge in [-0.1, -0.05) is 37.5 Å². The molecule has 62 valence electrons. The van der Waals surface area contributed by atoms with E-state index in [4.69, 9.17) is 0 Å². The van der Waals surface area contributed by atoms with E-state index in [9.17, 15) is 0 Å². The average Bonchev–Trinajstić information content (AvgIpc) is 1.84. The monoisotopic (exact) mass is 284 g/mol. The molecule has 0 N–H and O–H groups in total. The standard InChI is InChI=1S/C9H11Br2.Li/c10-8(11)9-4-5-6(9)2-1-3-7(5)9;/h5-7H,1-4H2;/q-1;+1. The van der Waals surface area contributed by atoms with Crippen molar-refractivity contribution in [3.8, 4) is 0 Å². The predicted molar refractivity (Wildman–Crippen MR) is 52.5 cm³/mol. The fourth-order valence-electron chi connectivity index (χ4n) is 3.72. The molecule has 2 unspecified atom stereocenters. The molecule has 0 radical (unpaired) electrons. The molecule has 0 aromatic rings. The maximum atomic E-state index is 3.63. The van der Waals surface area contributed by atoms with E-state index in [0.29, 0.717) is 5.41 Å². The minimum absolute atomic E-state index is 0. The summed E-state index contributed by atoms with van der Waals surface area (Å²) in [5, 5.41) is 0. The summed E-state index contributed by atoms with van der Waals surface area (Å²) in [5.74, 6) is 3.22.